The quantitative estimate of drug-likeness (QED) is 0.260. The third-order valence-corrected chi connectivity index (χ3v) is 5.98. The normalized spacial score (nSPS) is 11.3. The van der Waals surface area contributed by atoms with Crippen LogP contribution in [0.25, 0.3) is 11.4 Å². The zero-order chi connectivity index (χ0) is 21.4. The summed E-state index contributed by atoms with van der Waals surface area (Å²) in [6.07, 6.45) is 22.5. The summed E-state index contributed by atoms with van der Waals surface area (Å²) in [4.78, 5) is 9.23. The average Bonchev–Trinajstić information content (AvgIpc) is 2.76. The Bertz CT molecular complexity index is 658. The van der Waals surface area contributed by atoms with E-state index in [-0.39, 0.29) is 0 Å². The minimum atomic E-state index is 0.845. The number of hydrogen-bond donors (Lipinski definition) is 0. The van der Waals surface area contributed by atoms with Gasteiger partial charge in [0.05, 0.1) is 0 Å². The molecule has 0 amide bonds. The summed E-state index contributed by atoms with van der Waals surface area (Å²) in [6.45, 7) is 6.90. The van der Waals surface area contributed by atoms with E-state index >= 15 is 0 Å². The fourth-order valence-corrected chi connectivity index (χ4v) is 3.97. The lowest BCUT2D eigenvalue weighted by molar-refractivity contribution is 0.509. The van der Waals surface area contributed by atoms with Crippen molar-refractivity contribution in [3.63, 3.8) is 0 Å². The summed E-state index contributed by atoms with van der Waals surface area (Å²) in [5, 5.41) is 0. The second kappa shape index (κ2) is 15.2. The van der Waals surface area contributed by atoms with Crippen molar-refractivity contribution in [1.82, 2.24) is 9.97 Å². The van der Waals surface area contributed by atoms with Crippen molar-refractivity contribution in [3.05, 3.63) is 47.8 Å². The highest BCUT2D eigenvalue weighted by Crippen LogP contribution is 2.18. The second-order valence-electron chi connectivity index (χ2n) is 9.33. The standard InChI is InChI=1S/C28H44N2/c1-4-5-6-13-16-25-18-20-27(21-19-25)28-29-22-26(23-30-28)17-14-11-9-7-8-10-12-15-24(2)3/h18-24H,4-17H2,1-3H3. The Morgan fingerprint density at radius 3 is 1.77 bits per heavy atom. The van der Waals surface area contributed by atoms with Crippen molar-refractivity contribution in [2.45, 2.75) is 111 Å². The smallest absolute Gasteiger partial charge is 0.159 e. The molecule has 0 spiro atoms. The molecule has 0 aliphatic rings. The predicted molar refractivity (Wildman–Crippen MR) is 131 cm³/mol. The fourth-order valence-electron chi connectivity index (χ4n) is 3.97. The molecule has 0 aliphatic heterocycles. The first-order valence-corrected chi connectivity index (χ1v) is 12.6. The van der Waals surface area contributed by atoms with Crippen molar-refractivity contribution in [1.29, 1.82) is 0 Å². The molecule has 2 aromatic rings. The van der Waals surface area contributed by atoms with Crippen molar-refractivity contribution in [2.24, 2.45) is 5.92 Å². The lowest BCUT2D eigenvalue weighted by Crippen LogP contribution is -1.94. The van der Waals surface area contributed by atoms with Crippen LogP contribution in [0, 0.1) is 5.92 Å². The van der Waals surface area contributed by atoms with Gasteiger partial charge in [-0.05, 0) is 42.7 Å². The van der Waals surface area contributed by atoms with Crippen LogP contribution in [-0.4, -0.2) is 9.97 Å². The molecule has 0 aliphatic carbocycles. The van der Waals surface area contributed by atoms with Gasteiger partial charge in [-0.3, -0.25) is 0 Å². The molecule has 0 N–H and O–H groups in total. The molecular formula is C28H44N2. The van der Waals surface area contributed by atoms with Crippen LogP contribution in [0.5, 0.6) is 0 Å². The SMILES string of the molecule is CCCCCCc1ccc(-c2ncc(CCCCCCCCCC(C)C)cn2)cc1. The van der Waals surface area contributed by atoms with Crippen molar-refractivity contribution >= 4 is 0 Å². The topological polar surface area (TPSA) is 25.8 Å². The number of aromatic nitrogens is 2. The van der Waals surface area contributed by atoms with Gasteiger partial charge in [0.1, 0.15) is 0 Å². The molecule has 1 heterocycles. The highest BCUT2D eigenvalue weighted by molar-refractivity contribution is 5.55. The van der Waals surface area contributed by atoms with Gasteiger partial charge >= 0.3 is 0 Å². The van der Waals surface area contributed by atoms with Crippen LogP contribution in [-0.2, 0) is 12.8 Å². The van der Waals surface area contributed by atoms with Crippen LogP contribution in [0.1, 0.15) is 109 Å². The van der Waals surface area contributed by atoms with Gasteiger partial charge in [-0.2, -0.15) is 0 Å². The molecular weight excluding hydrogens is 364 g/mol. The first-order chi connectivity index (χ1) is 14.7. The number of rotatable bonds is 16. The molecule has 0 saturated carbocycles. The van der Waals surface area contributed by atoms with E-state index < -0.39 is 0 Å². The molecule has 0 unspecified atom stereocenters. The van der Waals surface area contributed by atoms with Gasteiger partial charge < -0.3 is 0 Å². The highest BCUT2D eigenvalue weighted by atomic mass is 14.9. The van der Waals surface area contributed by atoms with Crippen molar-refractivity contribution in [2.75, 3.05) is 0 Å². The second-order valence-corrected chi connectivity index (χ2v) is 9.33. The summed E-state index contributed by atoms with van der Waals surface area (Å²) in [7, 11) is 0. The molecule has 1 aromatic heterocycles. The van der Waals surface area contributed by atoms with Gasteiger partial charge in [-0.15, -0.1) is 0 Å². The van der Waals surface area contributed by atoms with Crippen molar-refractivity contribution < 1.29 is 0 Å². The zero-order valence-electron chi connectivity index (χ0n) is 19.8. The largest absolute Gasteiger partial charge is 0.236 e. The number of nitrogens with zero attached hydrogens (tertiary/aromatic N) is 2. The minimum absolute atomic E-state index is 0.845. The highest BCUT2D eigenvalue weighted by Gasteiger charge is 2.03. The summed E-state index contributed by atoms with van der Waals surface area (Å²) in [6, 6.07) is 8.82. The van der Waals surface area contributed by atoms with Gasteiger partial charge in [-0.25, -0.2) is 9.97 Å². The lowest BCUT2D eigenvalue weighted by Gasteiger charge is -2.06. The molecule has 2 nitrogen and oxygen atoms in total. The Labute approximate surface area is 185 Å². The third-order valence-electron chi connectivity index (χ3n) is 5.98. The summed E-state index contributed by atoms with van der Waals surface area (Å²) in [5.41, 5.74) is 3.81. The Balaban J connectivity index is 1.62. The average molecular weight is 409 g/mol. The van der Waals surface area contributed by atoms with E-state index in [1.807, 2.05) is 12.4 Å². The third kappa shape index (κ3) is 10.4. The van der Waals surface area contributed by atoms with E-state index in [0.717, 1.165) is 23.7 Å². The van der Waals surface area contributed by atoms with Crippen LogP contribution < -0.4 is 0 Å². The fraction of sp³-hybridized carbons (Fsp3) is 0.643. The Hall–Kier alpha value is -1.70. The van der Waals surface area contributed by atoms with Gasteiger partial charge in [0, 0.05) is 18.0 Å². The van der Waals surface area contributed by atoms with E-state index in [0.29, 0.717) is 0 Å². The van der Waals surface area contributed by atoms with Crippen LogP contribution in [0.4, 0.5) is 0 Å². The van der Waals surface area contributed by atoms with E-state index in [2.05, 4.69) is 55.0 Å². The maximum absolute atomic E-state index is 4.62. The van der Waals surface area contributed by atoms with E-state index in [1.165, 1.54) is 94.6 Å². The summed E-state index contributed by atoms with van der Waals surface area (Å²) < 4.78 is 0. The first-order valence-electron chi connectivity index (χ1n) is 12.6. The van der Waals surface area contributed by atoms with Crippen LogP contribution in [0.2, 0.25) is 0 Å². The predicted octanol–water partition coefficient (Wildman–Crippen LogP) is 8.59. The molecule has 0 saturated heterocycles. The van der Waals surface area contributed by atoms with Crippen molar-refractivity contribution in [3.8, 4) is 11.4 Å². The Morgan fingerprint density at radius 1 is 0.633 bits per heavy atom. The molecule has 1 aromatic carbocycles. The minimum Gasteiger partial charge on any atom is -0.236 e. The molecule has 166 valence electrons. The number of unbranched alkanes of at least 4 members (excludes halogenated alkanes) is 9. The van der Waals surface area contributed by atoms with E-state index in [4.69, 9.17) is 0 Å². The van der Waals surface area contributed by atoms with E-state index in [1.54, 1.807) is 0 Å². The number of benzene rings is 1. The van der Waals surface area contributed by atoms with Gasteiger partial charge in [0.15, 0.2) is 5.82 Å². The molecule has 0 radical (unpaired) electrons. The molecule has 2 heteroatoms. The molecule has 30 heavy (non-hydrogen) atoms. The van der Waals surface area contributed by atoms with E-state index in [9.17, 15) is 0 Å². The molecule has 0 atom stereocenters. The molecule has 2 rings (SSSR count). The summed E-state index contributed by atoms with van der Waals surface area (Å²) in [5.74, 6) is 1.70. The molecule has 0 bridgehead atoms. The van der Waals surface area contributed by atoms with Crippen LogP contribution in [0.3, 0.4) is 0 Å². The monoisotopic (exact) mass is 408 g/mol. The number of aryl methyl sites for hydroxylation is 2. The van der Waals surface area contributed by atoms with Gasteiger partial charge in [0.25, 0.3) is 0 Å². The first kappa shape index (κ1) is 24.6. The van der Waals surface area contributed by atoms with Gasteiger partial charge in [0.2, 0.25) is 0 Å². The van der Waals surface area contributed by atoms with Gasteiger partial charge in [-0.1, -0.05) is 109 Å². The maximum Gasteiger partial charge on any atom is 0.159 e. The Morgan fingerprint density at radius 2 is 1.17 bits per heavy atom. The van der Waals surface area contributed by atoms with Crippen LogP contribution in [0.15, 0.2) is 36.7 Å². The molecule has 0 fully saturated rings. The summed E-state index contributed by atoms with van der Waals surface area (Å²) >= 11 is 0. The maximum atomic E-state index is 4.62. The Kier molecular flexibility index (Phi) is 12.4. The number of hydrogen-bond acceptors (Lipinski definition) is 2. The lowest BCUT2D eigenvalue weighted by atomic mass is 10.0. The van der Waals surface area contributed by atoms with Crippen LogP contribution >= 0.6 is 0 Å². The zero-order valence-corrected chi connectivity index (χ0v) is 19.8.